The molecular weight excluding hydrogens is 492 g/mol. The first-order chi connectivity index (χ1) is 19.1. The van der Waals surface area contributed by atoms with Gasteiger partial charge in [0.1, 0.15) is 11.9 Å². The summed E-state index contributed by atoms with van der Waals surface area (Å²) in [5.74, 6) is 2.24. The van der Waals surface area contributed by atoms with Gasteiger partial charge in [-0.15, -0.1) is 0 Å². The number of ether oxygens (including phenoxy) is 3. The zero-order valence-electron chi connectivity index (χ0n) is 23.2. The number of hydrogen-bond acceptors (Lipinski definition) is 5. The van der Waals surface area contributed by atoms with Gasteiger partial charge in [0.05, 0.1) is 18.0 Å². The number of fused-ring (bicyclic) bond motifs is 3. The highest BCUT2D eigenvalue weighted by Crippen LogP contribution is 2.34. The highest BCUT2D eigenvalue weighted by molar-refractivity contribution is 5.97. The van der Waals surface area contributed by atoms with Crippen LogP contribution in [0, 0.1) is 0 Å². The first-order valence-corrected chi connectivity index (χ1v) is 14.9. The van der Waals surface area contributed by atoms with E-state index in [0.717, 1.165) is 95.2 Å². The van der Waals surface area contributed by atoms with Crippen LogP contribution in [-0.4, -0.2) is 60.2 Å². The lowest BCUT2D eigenvalue weighted by atomic mass is 9.90. The van der Waals surface area contributed by atoms with Crippen LogP contribution in [-0.2, 0) is 11.2 Å². The molecule has 2 atom stereocenters. The Morgan fingerprint density at radius 3 is 2.51 bits per heavy atom. The Labute approximate surface area is 232 Å². The maximum absolute atomic E-state index is 13.9. The lowest BCUT2D eigenvalue weighted by Gasteiger charge is -2.40. The van der Waals surface area contributed by atoms with E-state index in [4.69, 9.17) is 14.2 Å². The van der Waals surface area contributed by atoms with Crippen LogP contribution >= 0.6 is 0 Å². The lowest BCUT2D eigenvalue weighted by Crippen LogP contribution is -2.51. The van der Waals surface area contributed by atoms with E-state index in [-0.39, 0.29) is 30.8 Å². The van der Waals surface area contributed by atoms with Crippen LogP contribution in [0.15, 0.2) is 42.5 Å². The van der Waals surface area contributed by atoms with E-state index < -0.39 is 0 Å². The van der Waals surface area contributed by atoms with Crippen molar-refractivity contribution >= 4 is 11.8 Å². The van der Waals surface area contributed by atoms with E-state index in [1.54, 1.807) is 0 Å². The Morgan fingerprint density at radius 1 is 0.872 bits per heavy atom. The van der Waals surface area contributed by atoms with Gasteiger partial charge in [-0.3, -0.25) is 9.59 Å². The summed E-state index contributed by atoms with van der Waals surface area (Å²) in [6.07, 6.45) is 10.3. The van der Waals surface area contributed by atoms with Gasteiger partial charge < -0.3 is 24.0 Å². The first-order valence-electron chi connectivity index (χ1n) is 14.9. The van der Waals surface area contributed by atoms with Gasteiger partial charge in [0.15, 0.2) is 11.5 Å². The van der Waals surface area contributed by atoms with Gasteiger partial charge in [-0.2, -0.15) is 0 Å². The van der Waals surface area contributed by atoms with Crippen molar-refractivity contribution in [1.29, 1.82) is 0 Å². The summed E-state index contributed by atoms with van der Waals surface area (Å²) in [6, 6.07) is 13.4. The van der Waals surface area contributed by atoms with Crippen LogP contribution in [0.1, 0.15) is 87.1 Å². The molecule has 2 aromatic carbocycles. The number of nitrogens with zero attached hydrogens (tertiary/aromatic N) is 2. The minimum atomic E-state index is -0.141. The van der Waals surface area contributed by atoms with Crippen molar-refractivity contribution in [3.8, 4) is 17.2 Å². The fourth-order valence-electron chi connectivity index (χ4n) is 6.15. The van der Waals surface area contributed by atoms with E-state index >= 15 is 0 Å². The van der Waals surface area contributed by atoms with Crippen LogP contribution in [0.3, 0.4) is 0 Å². The molecule has 39 heavy (non-hydrogen) atoms. The zero-order valence-corrected chi connectivity index (χ0v) is 23.2. The summed E-state index contributed by atoms with van der Waals surface area (Å²) in [4.78, 5) is 31.6. The molecular formula is C32H42N2O5. The fraction of sp³-hybridized carbons (Fsp3) is 0.562. The normalized spacial score (nSPS) is 22.2. The van der Waals surface area contributed by atoms with Crippen molar-refractivity contribution in [1.82, 2.24) is 9.80 Å². The molecule has 1 aliphatic carbocycles. The van der Waals surface area contributed by atoms with Crippen molar-refractivity contribution in [3.05, 3.63) is 53.6 Å². The number of carbonyl (C=O) groups excluding carboxylic acids is 2. The molecule has 3 aliphatic rings. The molecule has 0 aromatic heterocycles. The van der Waals surface area contributed by atoms with Gasteiger partial charge in [-0.05, 0) is 68.4 Å². The van der Waals surface area contributed by atoms with Crippen molar-refractivity contribution in [2.24, 2.45) is 0 Å². The quantitative estimate of drug-likeness (QED) is 0.482. The number of carbonyl (C=O) groups is 2. The molecule has 0 saturated heterocycles. The molecule has 2 amide bonds. The van der Waals surface area contributed by atoms with Crippen molar-refractivity contribution < 1.29 is 23.8 Å². The smallest absolute Gasteiger partial charge is 0.257 e. The molecule has 1 fully saturated rings. The second-order valence-corrected chi connectivity index (χ2v) is 11.0. The summed E-state index contributed by atoms with van der Waals surface area (Å²) >= 11 is 0. The Morgan fingerprint density at radius 2 is 1.64 bits per heavy atom. The second kappa shape index (κ2) is 13.2. The van der Waals surface area contributed by atoms with E-state index in [9.17, 15) is 9.59 Å². The summed E-state index contributed by atoms with van der Waals surface area (Å²) in [5, 5.41) is 0. The van der Waals surface area contributed by atoms with Crippen LogP contribution in [0.5, 0.6) is 17.2 Å². The molecule has 0 spiro atoms. The Bertz CT molecular complexity index is 1140. The number of para-hydroxylation sites is 1. The maximum Gasteiger partial charge on any atom is 0.257 e. The third kappa shape index (κ3) is 6.68. The zero-order chi connectivity index (χ0) is 27.0. The summed E-state index contributed by atoms with van der Waals surface area (Å²) in [6.45, 7) is 4.60. The SMILES string of the molecule is CCCN1CCCCCCCN(C(=O)Cc2ccc3c(c2)OCO3)[C@@H]2CCCC[C@@H]2Oc2ccccc2C1=O. The van der Waals surface area contributed by atoms with Gasteiger partial charge in [-0.25, -0.2) is 0 Å². The predicted molar refractivity (Wildman–Crippen MR) is 150 cm³/mol. The summed E-state index contributed by atoms with van der Waals surface area (Å²) in [7, 11) is 0. The third-order valence-electron chi connectivity index (χ3n) is 8.18. The Kier molecular flexibility index (Phi) is 9.27. The molecule has 0 unspecified atom stereocenters. The molecule has 1 saturated carbocycles. The Hall–Kier alpha value is -3.22. The van der Waals surface area contributed by atoms with Gasteiger partial charge in [0.25, 0.3) is 5.91 Å². The van der Waals surface area contributed by atoms with E-state index in [0.29, 0.717) is 23.5 Å². The molecule has 0 N–H and O–H groups in total. The molecule has 2 aromatic rings. The fourth-order valence-corrected chi connectivity index (χ4v) is 6.15. The minimum Gasteiger partial charge on any atom is -0.487 e. The van der Waals surface area contributed by atoms with Gasteiger partial charge >= 0.3 is 0 Å². The van der Waals surface area contributed by atoms with Crippen molar-refractivity contribution in [2.75, 3.05) is 26.4 Å². The van der Waals surface area contributed by atoms with Crippen LogP contribution < -0.4 is 14.2 Å². The molecule has 2 heterocycles. The molecule has 0 radical (unpaired) electrons. The van der Waals surface area contributed by atoms with Crippen LogP contribution in [0.2, 0.25) is 0 Å². The molecule has 7 nitrogen and oxygen atoms in total. The van der Waals surface area contributed by atoms with Gasteiger partial charge in [-0.1, -0.05) is 50.8 Å². The lowest BCUT2D eigenvalue weighted by molar-refractivity contribution is -0.136. The minimum absolute atomic E-state index is 0.0136. The number of amides is 2. The molecule has 5 rings (SSSR count). The first kappa shape index (κ1) is 27.4. The molecule has 2 aliphatic heterocycles. The summed E-state index contributed by atoms with van der Waals surface area (Å²) in [5.41, 5.74) is 1.56. The number of rotatable bonds is 4. The van der Waals surface area contributed by atoms with E-state index in [1.807, 2.05) is 47.4 Å². The van der Waals surface area contributed by atoms with Gasteiger partial charge in [0, 0.05) is 19.6 Å². The average molecular weight is 535 g/mol. The van der Waals surface area contributed by atoms with Crippen LogP contribution in [0.25, 0.3) is 0 Å². The highest BCUT2D eigenvalue weighted by Gasteiger charge is 2.35. The number of hydrogen-bond donors (Lipinski definition) is 0. The van der Waals surface area contributed by atoms with Gasteiger partial charge in [0.2, 0.25) is 12.7 Å². The maximum atomic E-state index is 13.9. The largest absolute Gasteiger partial charge is 0.487 e. The molecule has 210 valence electrons. The Balaban J connectivity index is 1.41. The topological polar surface area (TPSA) is 68.3 Å². The second-order valence-electron chi connectivity index (χ2n) is 11.0. The highest BCUT2D eigenvalue weighted by atomic mass is 16.7. The third-order valence-corrected chi connectivity index (χ3v) is 8.18. The van der Waals surface area contributed by atoms with E-state index in [2.05, 4.69) is 11.8 Å². The predicted octanol–water partition coefficient (Wildman–Crippen LogP) is 5.99. The van der Waals surface area contributed by atoms with Crippen molar-refractivity contribution in [2.45, 2.75) is 89.7 Å². The summed E-state index contributed by atoms with van der Waals surface area (Å²) < 4.78 is 17.7. The standard InChI is InChI=1S/C32H42N2O5/c1-2-18-33-19-10-4-3-5-11-20-34(31(35)22-24-16-17-29-30(21-24)38-23-37-29)26-13-7-9-15-28(26)39-27-14-8-6-12-25(27)32(33)36/h6,8,12,14,16-17,21,26,28H,2-5,7,9-11,13,15,18-20,22-23H2,1H3/t26-,28+/m1/s1. The molecule has 7 heteroatoms. The number of benzene rings is 2. The van der Waals surface area contributed by atoms with Crippen LogP contribution in [0.4, 0.5) is 0 Å². The van der Waals surface area contributed by atoms with Crippen molar-refractivity contribution in [3.63, 3.8) is 0 Å². The monoisotopic (exact) mass is 534 g/mol. The average Bonchev–Trinajstić information content (AvgIpc) is 3.42. The molecule has 0 bridgehead atoms. The van der Waals surface area contributed by atoms with E-state index in [1.165, 1.54) is 0 Å².